The molecular weight excluding hydrogens is 298 g/mol. The Morgan fingerprint density at radius 3 is 2.25 bits per heavy atom. The molecule has 0 saturated carbocycles. The van der Waals surface area contributed by atoms with E-state index in [1.165, 1.54) is 11.3 Å². The van der Waals surface area contributed by atoms with Crippen LogP contribution in [0.1, 0.15) is 12.5 Å². The standard InChI is InChI=1S/C20H25N3O/c1-17(24)22-13-15-23(16-14-22)20-9-7-19(8-10-20)21-12-11-18-5-3-2-4-6-18/h2-10,21H,11-16H2,1H3. The molecule has 126 valence electrons. The number of nitrogens with zero attached hydrogens (tertiary/aromatic N) is 2. The molecule has 2 aromatic rings. The van der Waals surface area contributed by atoms with Gasteiger partial charge >= 0.3 is 0 Å². The Morgan fingerprint density at radius 2 is 1.62 bits per heavy atom. The van der Waals surface area contributed by atoms with Crippen LogP contribution in [0.3, 0.4) is 0 Å². The van der Waals surface area contributed by atoms with Crippen LogP contribution in [0.4, 0.5) is 11.4 Å². The predicted molar refractivity (Wildman–Crippen MR) is 99.5 cm³/mol. The molecule has 0 spiro atoms. The third-order valence-electron chi connectivity index (χ3n) is 4.54. The monoisotopic (exact) mass is 323 g/mol. The van der Waals surface area contributed by atoms with Crippen molar-refractivity contribution in [3.8, 4) is 0 Å². The quantitative estimate of drug-likeness (QED) is 0.919. The van der Waals surface area contributed by atoms with Crippen molar-refractivity contribution in [3.63, 3.8) is 0 Å². The Labute approximate surface area is 144 Å². The summed E-state index contributed by atoms with van der Waals surface area (Å²) in [7, 11) is 0. The number of benzene rings is 2. The van der Waals surface area contributed by atoms with Gasteiger partial charge in [-0.15, -0.1) is 0 Å². The van der Waals surface area contributed by atoms with Gasteiger partial charge in [0.2, 0.25) is 5.91 Å². The first-order valence-electron chi connectivity index (χ1n) is 8.61. The lowest BCUT2D eigenvalue weighted by Crippen LogP contribution is -2.48. The van der Waals surface area contributed by atoms with Gasteiger partial charge in [0, 0.05) is 51.0 Å². The number of carbonyl (C=O) groups excluding carboxylic acids is 1. The molecule has 2 aromatic carbocycles. The van der Waals surface area contributed by atoms with Crippen molar-refractivity contribution in [2.45, 2.75) is 13.3 Å². The summed E-state index contributed by atoms with van der Waals surface area (Å²) in [6.45, 7) is 6.01. The number of hydrogen-bond acceptors (Lipinski definition) is 3. The SMILES string of the molecule is CC(=O)N1CCN(c2ccc(NCCc3ccccc3)cc2)CC1. The van der Waals surface area contributed by atoms with Crippen LogP contribution in [0.25, 0.3) is 0 Å². The molecule has 1 fully saturated rings. The number of carbonyl (C=O) groups is 1. The Bertz CT molecular complexity index is 646. The zero-order valence-corrected chi connectivity index (χ0v) is 14.2. The number of rotatable bonds is 5. The maximum atomic E-state index is 11.4. The summed E-state index contributed by atoms with van der Waals surface area (Å²) in [6, 6.07) is 19.1. The molecule has 3 rings (SSSR count). The highest BCUT2D eigenvalue weighted by Gasteiger charge is 2.18. The second-order valence-electron chi connectivity index (χ2n) is 6.20. The van der Waals surface area contributed by atoms with Crippen LogP contribution in [0.2, 0.25) is 0 Å². The van der Waals surface area contributed by atoms with Crippen molar-refractivity contribution in [2.24, 2.45) is 0 Å². The van der Waals surface area contributed by atoms with E-state index >= 15 is 0 Å². The molecule has 0 unspecified atom stereocenters. The summed E-state index contributed by atoms with van der Waals surface area (Å²) in [5.41, 5.74) is 3.73. The van der Waals surface area contributed by atoms with Gasteiger partial charge in [-0.3, -0.25) is 4.79 Å². The van der Waals surface area contributed by atoms with Gasteiger partial charge in [-0.2, -0.15) is 0 Å². The Morgan fingerprint density at radius 1 is 0.958 bits per heavy atom. The second kappa shape index (κ2) is 7.86. The predicted octanol–water partition coefficient (Wildman–Crippen LogP) is 3.01. The number of amides is 1. The zero-order valence-electron chi connectivity index (χ0n) is 14.2. The number of hydrogen-bond donors (Lipinski definition) is 1. The lowest BCUT2D eigenvalue weighted by atomic mass is 10.1. The van der Waals surface area contributed by atoms with Gasteiger partial charge in [-0.1, -0.05) is 30.3 Å². The first-order chi connectivity index (χ1) is 11.7. The molecule has 1 amide bonds. The zero-order chi connectivity index (χ0) is 16.8. The van der Waals surface area contributed by atoms with E-state index in [4.69, 9.17) is 0 Å². The normalized spacial score (nSPS) is 14.5. The molecule has 0 atom stereocenters. The lowest BCUT2D eigenvalue weighted by Gasteiger charge is -2.35. The molecule has 0 aliphatic carbocycles. The highest BCUT2D eigenvalue weighted by molar-refractivity contribution is 5.73. The topological polar surface area (TPSA) is 35.6 Å². The largest absolute Gasteiger partial charge is 0.385 e. The van der Waals surface area contributed by atoms with Gasteiger partial charge in [-0.25, -0.2) is 0 Å². The van der Waals surface area contributed by atoms with E-state index in [1.54, 1.807) is 6.92 Å². The van der Waals surface area contributed by atoms with Crippen LogP contribution in [0, 0.1) is 0 Å². The van der Waals surface area contributed by atoms with E-state index < -0.39 is 0 Å². The summed E-state index contributed by atoms with van der Waals surface area (Å²) in [5.74, 6) is 0.174. The molecule has 1 N–H and O–H groups in total. The molecule has 4 nitrogen and oxygen atoms in total. The highest BCUT2D eigenvalue weighted by Crippen LogP contribution is 2.19. The average molecular weight is 323 g/mol. The average Bonchev–Trinajstić information content (AvgIpc) is 2.63. The fourth-order valence-corrected chi connectivity index (χ4v) is 3.07. The van der Waals surface area contributed by atoms with E-state index in [-0.39, 0.29) is 5.91 Å². The van der Waals surface area contributed by atoms with Crippen LogP contribution in [-0.4, -0.2) is 43.5 Å². The van der Waals surface area contributed by atoms with Crippen molar-refractivity contribution >= 4 is 17.3 Å². The molecule has 1 aliphatic heterocycles. The number of anilines is 2. The molecule has 0 aromatic heterocycles. The minimum absolute atomic E-state index is 0.174. The summed E-state index contributed by atoms with van der Waals surface area (Å²) in [4.78, 5) is 15.6. The van der Waals surface area contributed by atoms with E-state index in [0.717, 1.165) is 44.8 Å². The minimum atomic E-state index is 0.174. The summed E-state index contributed by atoms with van der Waals surface area (Å²) < 4.78 is 0. The molecule has 0 radical (unpaired) electrons. The fourth-order valence-electron chi connectivity index (χ4n) is 3.07. The Balaban J connectivity index is 1.48. The molecule has 1 saturated heterocycles. The van der Waals surface area contributed by atoms with Gasteiger partial charge < -0.3 is 15.1 Å². The smallest absolute Gasteiger partial charge is 0.219 e. The molecule has 24 heavy (non-hydrogen) atoms. The van der Waals surface area contributed by atoms with E-state index in [9.17, 15) is 4.79 Å². The fraction of sp³-hybridized carbons (Fsp3) is 0.350. The second-order valence-corrected chi connectivity index (χ2v) is 6.20. The molecule has 1 heterocycles. The first kappa shape index (κ1) is 16.4. The highest BCUT2D eigenvalue weighted by atomic mass is 16.2. The van der Waals surface area contributed by atoms with Crippen LogP contribution in [-0.2, 0) is 11.2 Å². The van der Waals surface area contributed by atoms with Gasteiger partial charge in [0.15, 0.2) is 0 Å². The maximum Gasteiger partial charge on any atom is 0.219 e. The minimum Gasteiger partial charge on any atom is -0.385 e. The van der Waals surface area contributed by atoms with Crippen molar-refractivity contribution in [3.05, 3.63) is 60.2 Å². The lowest BCUT2D eigenvalue weighted by molar-refractivity contribution is -0.129. The van der Waals surface area contributed by atoms with Crippen LogP contribution < -0.4 is 10.2 Å². The summed E-state index contributed by atoms with van der Waals surface area (Å²) in [6.07, 6.45) is 1.02. The first-order valence-corrected chi connectivity index (χ1v) is 8.61. The Kier molecular flexibility index (Phi) is 5.36. The van der Waals surface area contributed by atoms with Crippen LogP contribution in [0.15, 0.2) is 54.6 Å². The molecule has 1 aliphatic rings. The van der Waals surface area contributed by atoms with E-state index in [0.29, 0.717) is 0 Å². The molecular formula is C20H25N3O. The summed E-state index contributed by atoms with van der Waals surface area (Å²) >= 11 is 0. The van der Waals surface area contributed by atoms with Gasteiger partial charge in [0.05, 0.1) is 0 Å². The Hall–Kier alpha value is -2.49. The molecule has 0 bridgehead atoms. The van der Waals surface area contributed by atoms with E-state index in [2.05, 4.69) is 58.7 Å². The van der Waals surface area contributed by atoms with Crippen molar-refractivity contribution in [2.75, 3.05) is 42.9 Å². The van der Waals surface area contributed by atoms with E-state index in [1.807, 2.05) is 11.0 Å². The maximum absolute atomic E-state index is 11.4. The van der Waals surface area contributed by atoms with Crippen LogP contribution in [0.5, 0.6) is 0 Å². The van der Waals surface area contributed by atoms with Gasteiger partial charge in [-0.05, 0) is 36.2 Å². The molecule has 4 heteroatoms. The van der Waals surface area contributed by atoms with Gasteiger partial charge in [0.25, 0.3) is 0 Å². The van der Waals surface area contributed by atoms with Gasteiger partial charge in [0.1, 0.15) is 0 Å². The van der Waals surface area contributed by atoms with Crippen molar-refractivity contribution in [1.82, 2.24) is 4.90 Å². The van der Waals surface area contributed by atoms with Crippen LogP contribution >= 0.6 is 0 Å². The number of piperazine rings is 1. The number of nitrogens with one attached hydrogen (secondary N) is 1. The van der Waals surface area contributed by atoms with Crippen molar-refractivity contribution in [1.29, 1.82) is 0 Å². The summed E-state index contributed by atoms with van der Waals surface area (Å²) in [5, 5.41) is 3.47. The van der Waals surface area contributed by atoms with Crippen molar-refractivity contribution < 1.29 is 4.79 Å². The third-order valence-corrected chi connectivity index (χ3v) is 4.54. The third kappa shape index (κ3) is 4.28.